The SMILES string of the molecule is C=C1CC[C@H]2C(=O)[C@]3(C)CCC(C)(C)[C@@H]3[C@@H]12. The van der Waals surface area contributed by atoms with Crippen molar-refractivity contribution >= 4 is 5.78 Å². The van der Waals surface area contributed by atoms with E-state index in [2.05, 4.69) is 27.4 Å². The van der Waals surface area contributed by atoms with Crippen LogP contribution in [0.3, 0.4) is 0 Å². The summed E-state index contributed by atoms with van der Waals surface area (Å²) in [6.07, 6.45) is 4.47. The second-order valence-electron chi connectivity index (χ2n) is 7.08. The van der Waals surface area contributed by atoms with E-state index in [0.717, 1.165) is 19.3 Å². The van der Waals surface area contributed by atoms with Gasteiger partial charge in [0.15, 0.2) is 0 Å². The van der Waals surface area contributed by atoms with Gasteiger partial charge in [-0.05, 0) is 42.9 Å². The lowest BCUT2D eigenvalue weighted by Crippen LogP contribution is -2.32. The first kappa shape index (κ1) is 10.6. The Morgan fingerprint density at radius 2 is 1.94 bits per heavy atom. The third-order valence-electron chi connectivity index (χ3n) is 5.76. The van der Waals surface area contributed by atoms with Crippen LogP contribution in [0.5, 0.6) is 0 Å². The minimum atomic E-state index is -0.0256. The molecule has 3 rings (SSSR count). The number of carbonyl (C=O) groups is 1. The Bertz CT molecular complexity index is 379. The normalized spacial score (nSPS) is 49.6. The average molecular weight is 218 g/mol. The Morgan fingerprint density at radius 3 is 2.62 bits per heavy atom. The Labute approximate surface area is 98.3 Å². The van der Waals surface area contributed by atoms with Gasteiger partial charge in [0.1, 0.15) is 5.78 Å². The molecule has 0 amide bonds. The highest BCUT2D eigenvalue weighted by atomic mass is 16.1. The van der Waals surface area contributed by atoms with Gasteiger partial charge in [0.25, 0.3) is 0 Å². The van der Waals surface area contributed by atoms with Gasteiger partial charge in [-0.15, -0.1) is 0 Å². The van der Waals surface area contributed by atoms with E-state index in [0.29, 0.717) is 29.0 Å². The molecule has 1 nitrogen and oxygen atoms in total. The monoisotopic (exact) mass is 218 g/mol. The van der Waals surface area contributed by atoms with Crippen molar-refractivity contribution in [1.82, 2.24) is 0 Å². The number of ketones is 1. The predicted octanol–water partition coefficient (Wildman–Crippen LogP) is 3.59. The Hall–Kier alpha value is -0.590. The van der Waals surface area contributed by atoms with Crippen LogP contribution in [-0.2, 0) is 4.79 Å². The highest BCUT2D eigenvalue weighted by Gasteiger charge is 2.66. The Balaban J connectivity index is 2.11. The molecule has 16 heavy (non-hydrogen) atoms. The molecule has 0 unspecified atom stereocenters. The summed E-state index contributed by atoms with van der Waals surface area (Å²) >= 11 is 0. The Morgan fingerprint density at radius 1 is 1.25 bits per heavy atom. The quantitative estimate of drug-likeness (QED) is 0.568. The zero-order chi connectivity index (χ0) is 11.7. The number of hydrogen-bond acceptors (Lipinski definition) is 1. The summed E-state index contributed by atoms with van der Waals surface area (Å²) in [5.74, 6) is 1.95. The zero-order valence-corrected chi connectivity index (χ0v) is 10.7. The van der Waals surface area contributed by atoms with Gasteiger partial charge in [0.2, 0.25) is 0 Å². The molecule has 0 aromatic heterocycles. The molecule has 0 radical (unpaired) electrons. The van der Waals surface area contributed by atoms with Crippen LogP contribution in [-0.4, -0.2) is 5.78 Å². The van der Waals surface area contributed by atoms with Crippen molar-refractivity contribution in [2.24, 2.45) is 28.6 Å². The van der Waals surface area contributed by atoms with Crippen molar-refractivity contribution < 1.29 is 4.79 Å². The molecule has 1 heteroatoms. The fourth-order valence-electron chi connectivity index (χ4n) is 5.07. The minimum absolute atomic E-state index is 0.0256. The van der Waals surface area contributed by atoms with Gasteiger partial charge >= 0.3 is 0 Å². The summed E-state index contributed by atoms with van der Waals surface area (Å²) in [5.41, 5.74) is 1.67. The first-order valence-electron chi connectivity index (χ1n) is 6.60. The zero-order valence-electron chi connectivity index (χ0n) is 10.7. The van der Waals surface area contributed by atoms with E-state index in [1.807, 2.05) is 0 Å². The van der Waals surface area contributed by atoms with Crippen LogP contribution >= 0.6 is 0 Å². The van der Waals surface area contributed by atoms with E-state index in [1.54, 1.807) is 0 Å². The van der Waals surface area contributed by atoms with Crippen molar-refractivity contribution in [3.63, 3.8) is 0 Å². The molecular weight excluding hydrogens is 196 g/mol. The van der Waals surface area contributed by atoms with Crippen LogP contribution in [0.1, 0.15) is 46.5 Å². The Kier molecular flexibility index (Phi) is 1.85. The molecule has 0 aromatic rings. The highest BCUT2D eigenvalue weighted by Crippen LogP contribution is 2.67. The molecule has 0 N–H and O–H groups in total. The van der Waals surface area contributed by atoms with Gasteiger partial charge < -0.3 is 0 Å². The van der Waals surface area contributed by atoms with Gasteiger partial charge in [-0.3, -0.25) is 4.79 Å². The van der Waals surface area contributed by atoms with E-state index in [1.165, 1.54) is 12.0 Å². The molecule has 0 aromatic carbocycles. The third-order valence-corrected chi connectivity index (χ3v) is 5.76. The number of Topliss-reactive ketones (excluding diaryl/α,β-unsaturated/α-hetero) is 1. The first-order chi connectivity index (χ1) is 7.38. The van der Waals surface area contributed by atoms with Crippen LogP contribution in [0.25, 0.3) is 0 Å². The average Bonchev–Trinajstić information content (AvgIpc) is 2.73. The predicted molar refractivity (Wildman–Crippen MR) is 65.0 cm³/mol. The van der Waals surface area contributed by atoms with E-state index in [-0.39, 0.29) is 5.41 Å². The fraction of sp³-hybridized carbons (Fsp3) is 0.800. The van der Waals surface area contributed by atoms with Crippen LogP contribution in [0.15, 0.2) is 12.2 Å². The van der Waals surface area contributed by atoms with Crippen LogP contribution in [0, 0.1) is 28.6 Å². The van der Waals surface area contributed by atoms with Gasteiger partial charge in [0.05, 0.1) is 0 Å². The van der Waals surface area contributed by atoms with Crippen LogP contribution in [0.2, 0.25) is 0 Å². The number of allylic oxidation sites excluding steroid dienone is 1. The highest BCUT2D eigenvalue weighted by molar-refractivity contribution is 5.91. The van der Waals surface area contributed by atoms with Crippen molar-refractivity contribution in [1.29, 1.82) is 0 Å². The maximum atomic E-state index is 12.6. The number of carbonyl (C=O) groups excluding carboxylic acids is 1. The molecule has 3 aliphatic carbocycles. The summed E-state index contributed by atoms with van der Waals surface area (Å²) in [6.45, 7) is 11.2. The maximum absolute atomic E-state index is 12.6. The smallest absolute Gasteiger partial charge is 0.142 e. The van der Waals surface area contributed by atoms with E-state index < -0.39 is 0 Å². The van der Waals surface area contributed by atoms with Gasteiger partial charge in [0, 0.05) is 11.3 Å². The summed E-state index contributed by atoms with van der Waals surface area (Å²) in [5, 5.41) is 0. The van der Waals surface area contributed by atoms with Crippen molar-refractivity contribution in [2.45, 2.75) is 46.5 Å². The van der Waals surface area contributed by atoms with Gasteiger partial charge in [-0.2, -0.15) is 0 Å². The van der Waals surface area contributed by atoms with E-state index in [9.17, 15) is 4.79 Å². The number of fused-ring (bicyclic) bond motifs is 3. The molecule has 3 aliphatic rings. The largest absolute Gasteiger partial charge is 0.299 e. The second-order valence-corrected chi connectivity index (χ2v) is 7.08. The van der Waals surface area contributed by atoms with Gasteiger partial charge in [-0.25, -0.2) is 0 Å². The summed E-state index contributed by atoms with van der Waals surface area (Å²) in [4.78, 5) is 12.6. The standard InChI is InChI=1S/C15H22O/c1-9-5-6-10-11(9)12-14(2,3)7-8-15(12,4)13(10)16/h10-12H,1,5-8H2,2-4H3/t10-,11+,12+,15-/m1/s1. The minimum Gasteiger partial charge on any atom is -0.299 e. The molecular formula is C15H22O. The molecule has 0 heterocycles. The molecule has 3 saturated carbocycles. The molecule has 3 fully saturated rings. The molecule has 4 atom stereocenters. The van der Waals surface area contributed by atoms with Crippen LogP contribution < -0.4 is 0 Å². The fourth-order valence-corrected chi connectivity index (χ4v) is 5.07. The molecule has 0 aliphatic heterocycles. The van der Waals surface area contributed by atoms with Crippen molar-refractivity contribution in [2.75, 3.05) is 0 Å². The van der Waals surface area contributed by atoms with E-state index in [4.69, 9.17) is 0 Å². The molecule has 88 valence electrons. The number of rotatable bonds is 0. The summed E-state index contributed by atoms with van der Waals surface area (Å²) < 4.78 is 0. The van der Waals surface area contributed by atoms with E-state index >= 15 is 0 Å². The third kappa shape index (κ3) is 1.00. The van der Waals surface area contributed by atoms with Crippen LogP contribution in [0.4, 0.5) is 0 Å². The lowest BCUT2D eigenvalue weighted by molar-refractivity contribution is -0.129. The van der Waals surface area contributed by atoms with Gasteiger partial charge in [-0.1, -0.05) is 32.9 Å². The summed E-state index contributed by atoms with van der Waals surface area (Å²) in [6, 6.07) is 0. The van der Waals surface area contributed by atoms with Crippen molar-refractivity contribution in [3.05, 3.63) is 12.2 Å². The summed E-state index contributed by atoms with van der Waals surface area (Å²) in [7, 11) is 0. The topological polar surface area (TPSA) is 17.1 Å². The molecule has 0 bridgehead atoms. The maximum Gasteiger partial charge on any atom is 0.142 e. The molecule has 0 spiro atoms. The first-order valence-corrected chi connectivity index (χ1v) is 6.60. The second kappa shape index (κ2) is 2.80. The molecule has 0 saturated heterocycles. The lowest BCUT2D eigenvalue weighted by Gasteiger charge is -2.35. The lowest BCUT2D eigenvalue weighted by atomic mass is 9.68. The van der Waals surface area contributed by atoms with Crippen molar-refractivity contribution in [3.8, 4) is 0 Å². The number of hydrogen-bond donors (Lipinski definition) is 0.